The predicted octanol–water partition coefficient (Wildman–Crippen LogP) is 5.62. The van der Waals surface area contributed by atoms with E-state index in [0.717, 1.165) is 28.6 Å². The summed E-state index contributed by atoms with van der Waals surface area (Å²) < 4.78 is 14.0. The zero-order chi connectivity index (χ0) is 19.9. The number of aromatic nitrogens is 1. The molecule has 5 heteroatoms. The van der Waals surface area contributed by atoms with E-state index in [1.54, 1.807) is 0 Å². The molecule has 0 fully saturated rings. The molecule has 1 aromatic heterocycles. The molecule has 0 atom stereocenters. The number of nitrogens with one attached hydrogen (secondary N) is 2. The summed E-state index contributed by atoms with van der Waals surface area (Å²) in [4.78, 5) is 20.8. The number of hydrogen-bond acceptors (Lipinski definition) is 2. The van der Waals surface area contributed by atoms with Crippen molar-refractivity contribution in [3.63, 3.8) is 0 Å². The molecule has 0 spiro atoms. The highest BCUT2D eigenvalue weighted by Gasteiger charge is 2.25. The van der Waals surface area contributed by atoms with E-state index < -0.39 is 11.7 Å². The van der Waals surface area contributed by atoms with Crippen molar-refractivity contribution in [1.29, 1.82) is 0 Å². The zero-order valence-corrected chi connectivity index (χ0v) is 16.5. The number of aromatic amines is 1. The molecule has 4 rings (SSSR count). The average molecular weight is 380 g/mol. The summed E-state index contributed by atoms with van der Waals surface area (Å²) in [6.45, 7) is 6.98. The molecule has 0 unspecified atom stereocenters. The molecule has 0 saturated carbocycles. The SMILES string of the molecule is CCCCC(C)(C)c1ccc(-c2[nH]c3cc(F)cc4c3c2CONC4=O)cc1. The third-order valence-electron chi connectivity index (χ3n) is 5.70. The maximum absolute atomic E-state index is 14.0. The minimum atomic E-state index is -0.452. The van der Waals surface area contributed by atoms with Gasteiger partial charge in [-0.2, -0.15) is 0 Å². The van der Waals surface area contributed by atoms with Crippen molar-refractivity contribution < 1.29 is 14.0 Å². The Kier molecular flexibility index (Phi) is 4.71. The number of hydrogen-bond donors (Lipinski definition) is 2. The Bertz CT molecular complexity index is 1030. The zero-order valence-electron chi connectivity index (χ0n) is 16.5. The molecular weight excluding hydrogens is 355 g/mol. The molecule has 4 nitrogen and oxygen atoms in total. The molecule has 2 N–H and O–H groups in total. The number of rotatable bonds is 5. The maximum Gasteiger partial charge on any atom is 0.275 e. The van der Waals surface area contributed by atoms with Crippen LogP contribution in [0.15, 0.2) is 36.4 Å². The van der Waals surface area contributed by atoms with Crippen molar-refractivity contribution in [1.82, 2.24) is 10.5 Å². The highest BCUT2D eigenvalue weighted by atomic mass is 19.1. The van der Waals surface area contributed by atoms with Crippen LogP contribution in [0.5, 0.6) is 0 Å². The van der Waals surface area contributed by atoms with Gasteiger partial charge in [-0.1, -0.05) is 57.9 Å². The first kappa shape index (κ1) is 18.7. The van der Waals surface area contributed by atoms with Crippen LogP contribution in [0.4, 0.5) is 4.39 Å². The van der Waals surface area contributed by atoms with Crippen LogP contribution in [-0.2, 0) is 16.9 Å². The molecule has 146 valence electrons. The Balaban J connectivity index is 1.79. The molecule has 2 heterocycles. The largest absolute Gasteiger partial charge is 0.354 e. The van der Waals surface area contributed by atoms with Gasteiger partial charge in [0.2, 0.25) is 0 Å². The third kappa shape index (κ3) is 3.20. The minimum Gasteiger partial charge on any atom is -0.354 e. The van der Waals surface area contributed by atoms with Crippen LogP contribution in [0, 0.1) is 5.82 Å². The molecule has 1 amide bonds. The average Bonchev–Trinajstić information content (AvgIpc) is 2.95. The fraction of sp³-hybridized carbons (Fsp3) is 0.348. The number of carbonyl (C=O) groups excluding carboxylic acids is 1. The van der Waals surface area contributed by atoms with E-state index in [-0.39, 0.29) is 12.0 Å². The van der Waals surface area contributed by atoms with Crippen molar-refractivity contribution >= 4 is 16.8 Å². The van der Waals surface area contributed by atoms with Crippen LogP contribution >= 0.6 is 0 Å². The molecule has 2 aromatic carbocycles. The van der Waals surface area contributed by atoms with Gasteiger partial charge >= 0.3 is 0 Å². The molecule has 28 heavy (non-hydrogen) atoms. The third-order valence-corrected chi connectivity index (χ3v) is 5.70. The van der Waals surface area contributed by atoms with E-state index in [4.69, 9.17) is 4.84 Å². The Morgan fingerprint density at radius 3 is 2.64 bits per heavy atom. The highest BCUT2D eigenvalue weighted by molar-refractivity contribution is 6.09. The Hall–Kier alpha value is -2.66. The van der Waals surface area contributed by atoms with E-state index in [1.807, 2.05) is 0 Å². The van der Waals surface area contributed by atoms with Gasteiger partial charge in [0.15, 0.2) is 0 Å². The number of hydroxylamine groups is 1. The van der Waals surface area contributed by atoms with Gasteiger partial charge in [-0.15, -0.1) is 0 Å². The number of carbonyl (C=O) groups is 1. The number of H-pyrrole nitrogens is 1. The quantitative estimate of drug-likeness (QED) is 0.604. The number of unbranched alkanes of at least 4 members (excludes halogenated alkanes) is 1. The summed E-state index contributed by atoms with van der Waals surface area (Å²) in [6, 6.07) is 11.2. The summed E-state index contributed by atoms with van der Waals surface area (Å²) in [5.41, 5.74) is 7.40. The van der Waals surface area contributed by atoms with Gasteiger partial charge in [-0.05, 0) is 35.1 Å². The molecule has 0 aliphatic carbocycles. The van der Waals surface area contributed by atoms with Crippen LogP contribution in [0.1, 0.15) is 61.5 Å². The van der Waals surface area contributed by atoms with Crippen molar-refractivity contribution in [2.75, 3.05) is 0 Å². The lowest BCUT2D eigenvalue weighted by Crippen LogP contribution is -2.21. The normalized spacial score (nSPS) is 14.2. The van der Waals surface area contributed by atoms with Gasteiger partial charge in [-0.25, -0.2) is 9.87 Å². The lowest BCUT2D eigenvalue weighted by molar-refractivity contribution is 0.0255. The monoisotopic (exact) mass is 380 g/mol. The van der Waals surface area contributed by atoms with E-state index in [0.29, 0.717) is 11.1 Å². The first-order chi connectivity index (χ1) is 13.4. The first-order valence-electron chi connectivity index (χ1n) is 9.78. The fourth-order valence-corrected chi connectivity index (χ4v) is 4.02. The number of benzene rings is 2. The van der Waals surface area contributed by atoms with Gasteiger partial charge in [0, 0.05) is 16.5 Å². The van der Waals surface area contributed by atoms with Crippen LogP contribution in [0.2, 0.25) is 0 Å². The van der Waals surface area contributed by atoms with Crippen molar-refractivity contribution in [2.24, 2.45) is 0 Å². The van der Waals surface area contributed by atoms with Crippen molar-refractivity contribution in [2.45, 2.75) is 52.1 Å². The van der Waals surface area contributed by atoms with Crippen LogP contribution < -0.4 is 5.48 Å². The van der Waals surface area contributed by atoms with Crippen molar-refractivity contribution in [3.8, 4) is 11.3 Å². The minimum absolute atomic E-state index is 0.122. The molecular formula is C23H25FN2O2. The maximum atomic E-state index is 14.0. The highest BCUT2D eigenvalue weighted by Crippen LogP contribution is 2.36. The lowest BCUT2D eigenvalue weighted by atomic mass is 9.80. The van der Waals surface area contributed by atoms with E-state index in [2.05, 4.69) is 55.5 Å². The second-order valence-electron chi connectivity index (χ2n) is 8.14. The number of amides is 1. The molecule has 1 aliphatic heterocycles. The molecule has 3 aromatic rings. The Morgan fingerprint density at radius 2 is 1.93 bits per heavy atom. The summed E-state index contributed by atoms with van der Waals surface area (Å²) in [6.07, 6.45) is 3.53. The molecule has 0 radical (unpaired) electrons. The Labute approximate surface area is 164 Å². The molecule has 0 bridgehead atoms. The smallest absolute Gasteiger partial charge is 0.275 e. The first-order valence-corrected chi connectivity index (χ1v) is 9.78. The summed E-state index contributed by atoms with van der Waals surface area (Å²) in [5, 5.41) is 0.721. The van der Waals surface area contributed by atoms with Gasteiger partial charge in [0.25, 0.3) is 5.91 Å². The van der Waals surface area contributed by atoms with E-state index in [1.165, 1.54) is 30.5 Å². The topological polar surface area (TPSA) is 54.1 Å². The summed E-state index contributed by atoms with van der Waals surface area (Å²) >= 11 is 0. The second kappa shape index (κ2) is 7.06. The van der Waals surface area contributed by atoms with Crippen LogP contribution in [0.25, 0.3) is 22.2 Å². The molecule has 1 aliphatic rings. The van der Waals surface area contributed by atoms with Crippen LogP contribution in [-0.4, -0.2) is 10.9 Å². The molecule has 0 saturated heterocycles. The lowest BCUT2D eigenvalue weighted by Gasteiger charge is -2.25. The fourth-order valence-electron chi connectivity index (χ4n) is 4.02. The second-order valence-corrected chi connectivity index (χ2v) is 8.14. The van der Waals surface area contributed by atoms with Crippen molar-refractivity contribution in [3.05, 3.63) is 58.9 Å². The van der Waals surface area contributed by atoms with Gasteiger partial charge in [-0.3, -0.25) is 9.63 Å². The van der Waals surface area contributed by atoms with E-state index >= 15 is 0 Å². The number of halogens is 1. The van der Waals surface area contributed by atoms with Crippen LogP contribution in [0.3, 0.4) is 0 Å². The summed E-state index contributed by atoms with van der Waals surface area (Å²) in [5.74, 6) is -0.881. The predicted molar refractivity (Wildman–Crippen MR) is 108 cm³/mol. The summed E-state index contributed by atoms with van der Waals surface area (Å²) in [7, 11) is 0. The van der Waals surface area contributed by atoms with Gasteiger partial charge in [0.1, 0.15) is 12.4 Å². The van der Waals surface area contributed by atoms with Gasteiger partial charge in [0.05, 0.1) is 11.3 Å². The Morgan fingerprint density at radius 1 is 1.18 bits per heavy atom. The van der Waals surface area contributed by atoms with Gasteiger partial charge < -0.3 is 4.98 Å². The van der Waals surface area contributed by atoms with E-state index in [9.17, 15) is 9.18 Å². The standard InChI is InChI=1S/C23H25FN2O2/c1-4-5-10-23(2,3)15-8-6-14(7-9-15)21-18-13-28-26-22(27)17-11-16(24)12-19(25-21)20(17)18/h6-9,11-12,25H,4-5,10,13H2,1-3H3,(H,26,27).